The molecule has 0 radical (unpaired) electrons. The highest BCUT2D eigenvalue weighted by Gasteiger charge is 2.10. The highest BCUT2D eigenvalue weighted by molar-refractivity contribution is 5.93. The second-order valence-electron chi connectivity index (χ2n) is 6.17. The zero-order valence-corrected chi connectivity index (χ0v) is 15.2. The predicted octanol–water partition coefficient (Wildman–Crippen LogP) is 2.69. The Bertz CT molecular complexity index is 1070. The average Bonchev–Trinajstić information content (AvgIpc) is 2.66. The van der Waals surface area contributed by atoms with Gasteiger partial charge in [-0.2, -0.15) is 5.10 Å². The third-order valence-electron chi connectivity index (χ3n) is 4.16. The third-order valence-corrected chi connectivity index (χ3v) is 4.16. The van der Waals surface area contributed by atoms with E-state index in [1.165, 1.54) is 0 Å². The first-order valence-corrected chi connectivity index (χ1v) is 8.63. The fourth-order valence-corrected chi connectivity index (χ4v) is 2.70. The number of carbonyl (C=O) groups is 2. The Morgan fingerprint density at radius 2 is 1.85 bits per heavy atom. The number of carbonyl (C=O) groups excluding carboxylic acids is 2. The number of amides is 2. The van der Waals surface area contributed by atoms with Crippen molar-refractivity contribution in [2.24, 2.45) is 0 Å². The van der Waals surface area contributed by atoms with Crippen LogP contribution in [0.4, 0.5) is 11.4 Å². The molecule has 2 N–H and O–H groups in total. The molecule has 0 aliphatic carbocycles. The number of hydrogen-bond donors (Lipinski definition) is 2. The molecule has 1 aromatic heterocycles. The Labute approximate surface area is 156 Å². The lowest BCUT2D eigenvalue weighted by atomic mass is 10.1. The van der Waals surface area contributed by atoms with Gasteiger partial charge in [-0.15, -0.1) is 0 Å². The van der Waals surface area contributed by atoms with Gasteiger partial charge in [0.25, 0.3) is 5.56 Å². The van der Waals surface area contributed by atoms with Gasteiger partial charge in [-0.3, -0.25) is 14.4 Å². The molecule has 2 aromatic carbocycles. The van der Waals surface area contributed by atoms with Crippen LogP contribution in [0.25, 0.3) is 10.8 Å². The topological polar surface area (TPSA) is 93.1 Å². The summed E-state index contributed by atoms with van der Waals surface area (Å²) in [4.78, 5) is 36.3. The smallest absolute Gasteiger partial charge is 0.275 e. The van der Waals surface area contributed by atoms with E-state index in [0.29, 0.717) is 23.2 Å². The molecule has 3 aromatic rings. The number of benzene rings is 2. The van der Waals surface area contributed by atoms with Crippen molar-refractivity contribution >= 4 is 34.0 Å². The molecule has 0 atom stereocenters. The van der Waals surface area contributed by atoms with Crippen molar-refractivity contribution in [2.75, 3.05) is 10.6 Å². The molecule has 0 saturated heterocycles. The fraction of sp³-hybridized carbons (Fsp3) is 0.200. The molecule has 3 rings (SSSR count). The van der Waals surface area contributed by atoms with Crippen LogP contribution in [0.3, 0.4) is 0 Å². The van der Waals surface area contributed by atoms with E-state index in [9.17, 15) is 14.4 Å². The maximum atomic E-state index is 12.4. The first kappa shape index (κ1) is 18.3. The number of aromatic nitrogens is 2. The number of anilines is 2. The van der Waals surface area contributed by atoms with Crippen molar-refractivity contribution in [1.29, 1.82) is 0 Å². The summed E-state index contributed by atoms with van der Waals surface area (Å²) in [6.07, 6.45) is 1.96. The molecule has 0 bridgehead atoms. The Kier molecular flexibility index (Phi) is 5.30. The lowest BCUT2D eigenvalue weighted by Crippen LogP contribution is -2.29. The van der Waals surface area contributed by atoms with Crippen molar-refractivity contribution in [2.45, 2.75) is 26.8 Å². The van der Waals surface area contributed by atoms with Gasteiger partial charge in [0, 0.05) is 23.2 Å². The summed E-state index contributed by atoms with van der Waals surface area (Å²) in [5.41, 5.74) is 1.78. The van der Waals surface area contributed by atoms with Gasteiger partial charge in [0.1, 0.15) is 6.54 Å². The quantitative estimate of drug-likeness (QED) is 0.728. The largest absolute Gasteiger partial charge is 0.326 e. The molecule has 27 heavy (non-hydrogen) atoms. The van der Waals surface area contributed by atoms with Crippen LogP contribution in [0.2, 0.25) is 0 Å². The van der Waals surface area contributed by atoms with Gasteiger partial charge >= 0.3 is 0 Å². The maximum absolute atomic E-state index is 12.4. The Hall–Kier alpha value is -3.48. The lowest BCUT2D eigenvalue weighted by Gasteiger charge is -2.11. The van der Waals surface area contributed by atoms with E-state index in [1.807, 2.05) is 13.0 Å². The van der Waals surface area contributed by atoms with Crippen molar-refractivity contribution in [1.82, 2.24) is 9.78 Å². The summed E-state index contributed by atoms with van der Waals surface area (Å²) < 4.78 is 1.14. The first-order chi connectivity index (χ1) is 13.0. The van der Waals surface area contributed by atoms with E-state index in [0.717, 1.165) is 15.6 Å². The van der Waals surface area contributed by atoms with E-state index in [1.54, 1.807) is 49.5 Å². The summed E-state index contributed by atoms with van der Waals surface area (Å²) >= 11 is 0. The predicted molar refractivity (Wildman–Crippen MR) is 105 cm³/mol. The van der Waals surface area contributed by atoms with Crippen LogP contribution in [0.15, 0.2) is 53.5 Å². The average molecular weight is 364 g/mol. The number of nitrogens with one attached hydrogen (secondary N) is 2. The third kappa shape index (κ3) is 4.20. The zero-order valence-electron chi connectivity index (χ0n) is 15.2. The first-order valence-electron chi connectivity index (χ1n) is 8.63. The summed E-state index contributed by atoms with van der Waals surface area (Å²) in [5, 5.41) is 10.9. The van der Waals surface area contributed by atoms with Gasteiger partial charge < -0.3 is 10.6 Å². The van der Waals surface area contributed by atoms with Gasteiger partial charge in [-0.05, 0) is 36.8 Å². The van der Waals surface area contributed by atoms with Crippen LogP contribution >= 0.6 is 0 Å². The number of fused-ring (bicyclic) bond motifs is 1. The molecule has 7 heteroatoms. The Morgan fingerprint density at radius 1 is 1.07 bits per heavy atom. The van der Waals surface area contributed by atoms with Crippen molar-refractivity contribution in [3.63, 3.8) is 0 Å². The van der Waals surface area contributed by atoms with Crippen LogP contribution in [0, 0.1) is 6.92 Å². The van der Waals surface area contributed by atoms with E-state index in [-0.39, 0.29) is 23.9 Å². The normalized spacial score (nSPS) is 10.6. The molecule has 0 spiro atoms. The standard InChI is InChI=1S/C20H20N4O3/c1-3-18(25)22-15-8-9-17(13(2)10-15)23-19(26)12-24-20(27)16-7-5-4-6-14(16)11-21-24/h4-11H,3,12H2,1-2H3,(H,22,25)(H,23,26). The second-order valence-corrected chi connectivity index (χ2v) is 6.17. The van der Waals surface area contributed by atoms with E-state index < -0.39 is 0 Å². The monoisotopic (exact) mass is 364 g/mol. The maximum Gasteiger partial charge on any atom is 0.275 e. The molecule has 138 valence electrons. The highest BCUT2D eigenvalue weighted by Crippen LogP contribution is 2.20. The lowest BCUT2D eigenvalue weighted by molar-refractivity contribution is -0.117. The summed E-state index contributed by atoms with van der Waals surface area (Å²) in [5.74, 6) is -0.429. The van der Waals surface area contributed by atoms with Crippen molar-refractivity contribution in [3.8, 4) is 0 Å². The van der Waals surface area contributed by atoms with Crippen molar-refractivity contribution < 1.29 is 9.59 Å². The van der Waals surface area contributed by atoms with Gasteiger partial charge in [-0.1, -0.05) is 25.1 Å². The van der Waals surface area contributed by atoms with E-state index >= 15 is 0 Å². The zero-order chi connectivity index (χ0) is 19.4. The van der Waals surface area contributed by atoms with E-state index in [4.69, 9.17) is 0 Å². The number of rotatable bonds is 5. The minimum absolute atomic E-state index is 0.0760. The molecule has 2 amide bonds. The fourth-order valence-electron chi connectivity index (χ4n) is 2.70. The molecule has 7 nitrogen and oxygen atoms in total. The van der Waals surface area contributed by atoms with Crippen LogP contribution < -0.4 is 16.2 Å². The molecule has 0 aliphatic heterocycles. The summed E-state index contributed by atoms with van der Waals surface area (Å²) in [7, 11) is 0. The van der Waals surface area contributed by atoms with Gasteiger partial charge in [0.15, 0.2) is 0 Å². The SMILES string of the molecule is CCC(=O)Nc1ccc(NC(=O)Cn2ncc3ccccc3c2=O)c(C)c1. The molecule has 0 saturated carbocycles. The van der Waals surface area contributed by atoms with Gasteiger partial charge in [0.05, 0.1) is 11.6 Å². The Balaban J connectivity index is 1.74. The van der Waals surface area contributed by atoms with Crippen LogP contribution in [-0.4, -0.2) is 21.6 Å². The van der Waals surface area contributed by atoms with Crippen molar-refractivity contribution in [3.05, 3.63) is 64.6 Å². The molecular weight excluding hydrogens is 344 g/mol. The minimum Gasteiger partial charge on any atom is -0.326 e. The number of hydrogen-bond acceptors (Lipinski definition) is 4. The molecule has 0 aliphatic rings. The van der Waals surface area contributed by atoms with Crippen LogP contribution in [0.5, 0.6) is 0 Å². The van der Waals surface area contributed by atoms with Crippen LogP contribution in [0.1, 0.15) is 18.9 Å². The Morgan fingerprint density at radius 3 is 2.59 bits per heavy atom. The number of nitrogens with zero attached hydrogens (tertiary/aromatic N) is 2. The highest BCUT2D eigenvalue weighted by atomic mass is 16.2. The molecule has 0 unspecified atom stereocenters. The summed E-state index contributed by atoms with van der Waals surface area (Å²) in [6, 6.07) is 12.3. The number of aryl methyl sites for hydroxylation is 1. The molecule has 1 heterocycles. The van der Waals surface area contributed by atoms with E-state index in [2.05, 4.69) is 15.7 Å². The van der Waals surface area contributed by atoms with Gasteiger partial charge in [0.2, 0.25) is 11.8 Å². The molecular formula is C20H20N4O3. The minimum atomic E-state index is -0.353. The molecule has 0 fully saturated rings. The second kappa shape index (κ2) is 7.82. The van der Waals surface area contributed by atoms with Crippen LogP contribution in [-0.2, 0) is 16.1 Å². The van der Waals surface area contributed by atoms with Gasteiger partial charge in [-0.25, -0.2) is 4.68 Å². The summed E-state index contributed by atoms with van der Waals surface area (Å²) in [6.45, 7) is 3.43.